The molecule has 0 saturated carbocycles. The lowest BCUT2D eigenvalue weighted by Gasteiger charge is -2.18. The van der Waals surface area contributed by atoms with Crippen molar-refractivity contribution in [1.29, 1.82) is 0 Å². The smallest absolute Gasteiger partial charge is 0.219 e. The van der Waals surface area contributed by atoms with E-state index in [1.54, 1.807) is 7.11 Å². The van der Waals surface area contributed by atoms with Crippen LogP contribution in [0.25, 0.3) is 0 Å². The number of rotatable bonds is 3. The second-order valence-electron chi connectivity index (χ2n) is 4.81. The first-order chi connectivity index (χ1) is 8.74. The Balaban J connectivity index is 2.19. The number of carbonyl (C=O) groups is 1. The highest BCUT2D eigenvalue weighted by Gasteiger charge is 2.20. The van der Waals surface area contributed by atoms with E-state index >= 15 is 0 Å². The van der Waals surface area contributed by atoms with Crippen LogP contribution < -0.4 is 10.1 Å². The molecular formula is C15H21NO2. The first-order valence-electron chi connectivity index (χ1n) is 6.68. The summed E-state index contributed by atoms with van der Waals surface area (Å²) < 4.78 is 5.44. The fourth-order valence-corrected chi connectivity index (χ4v) is 2.61. The van der Waals surface area contributed by atoms with Crippen LogP contribution in [0.3, 0.4) is 0 Å². The second kappa shape index (κ2) is 5.89. The minimum absolute atomic E-state index is 0.137. The van der Waals surface area contributed by atoms with Crippen LogP contribution in [0.4, 0.5) is 0 Å². The average Bonchev–Trinajstić information content (AvgIpc) is 2.59. The number of hydrogen-bond donors (Lipinski definition) is 1. The highest BCUT2D eigenvalue weighted by atomic mass is 16.5. The lowest BCUT2D eigenvalue weighted by atomic mass is 10.0. The molecule has 0 aliphatic heterocycles. The van der Waals surface area contributed by atoms with Crippen LogP contribution in [0, 0.1) is 0 Å². The van der Waals surface area contributed by atoms with Gasteiger partial charge >= 0.3 is 0 Å². The molecule has 1 amide bonds. The number of hydrogen-bond acceptors (Lipinski definition) is 2. The fraction of sp³-hybridized carbons (Fsp3) is 0.533. The van der Waals surface area contributed by atoms with Crippen LogP contribution in [0.5, 0.6) is 5.75 Å². The Morgan fingerprint density at radius 3 is 3.06 bits per heavy atom. The third-order valence-corrected chi connectivity index (χ3v) is 3.59. The van der Waals surface area contributed by atoms with E-state index < -0.39 is 0 Å². The zero-order valence-electron chi connectivity index (χ0n) is 11.2. The molecule has 0 bridgehead atoms. The average molecular weight is 247 g/mol. The molecular weight excluding hydrogens is 226 g/mol. The van der Waals surface area contributed by atoms with Crippen molar-refractivity contribution >= 4 is 5.91 Å². The molecule has 2 rings (SSSR count). The number of ether oxygens (including phenoxy) is 1. The second-order valence-corrected chi connectivity index (χ2v) is 4.81. The number of nitrogens with one attached hydrogen (secondary N) is 1. The van der Waals surface area contributed by atoms with Crippen LogP contribution in [0.15, 0.2) is 18.2 Å². The monoisotopic (exact) mass is 247 g/mol. The summed E-state index contributed by atoms with van der Waals surface area (Å²) in [4.78, 5) is 11.5. The summed E-state index contributed by atoms with van der Waals surface area (Å²) in [5.41, 5.74) is 2.63. The Labute approximate surface area is 109 Å². The number of aryl methyl sites for hydroxylation is 1. The van der Waals surface area contributed by atoms with E-state index in [-0.39, 0.29) is 11.9 Å². The van der Waals surface area contributed by atoms with Crippen molar-refractivity contribution in [2.24, 2.45) is 0 Å². The van der Waals surface area contributed by atoms with Gasteiger partial charge in [0.15, 0.2) is 0 Å². The molecule has 3 heteroatoms. The van der Waals surface area contributed by atoms with Crippen molar-refractivity contribution in [3.8, 4) is 5.75 Å². The minimum atomic E-state index is 0.137. The predicted molar refractivity (Wildman–Crippen MR) is 71.9 cm³/mol. The van der Waals surface area contributed by atoms with Crippen molar-refractivity contribution in [1.82, 2.24) is 5.32 Å². The summed E-state index contributed by atoms with van der Waals surface area (Å²) in [6, 6.07) is 6.46. The molecule has 0 fully saturated rings. The number of fused-ring (bicyclic) bond motifs is 1. The Morgan fingerprint density at radius 2 is 2.33 bits per heavy atom. The molecule has 0 saturated heterocycles. The molecule has 3 nitrogen and oxygen atoms in total. The zero-order valence-corrected chi connectivity index (χ0v) is 11.2. The van der Waals surface area contributed by atoms with Gasteiger partial charge in [-0.15, -0.1) is 0 Å². The lowest BCUT2D eigenvalue weighted by Crippen LogP contribution is -2.35. The van der Waals surface area contributed by atoms with Gasteiger partial charge in [0.2, 0.25) is 5.91 Å². The van der Waals surface area contributed by atoms with Gasteiger partial charge in [0.05, 0.1) is 7.11 Å². The molecule has 1 aromatic rings. The fourth-order valence-electron chi connectivity index (χ4n) is 2.61. The van der Waals surface area contributed by atoms with Gasteiger partial charge in [-0.25, -0.2) is 0 Å². The predicted octanol–water partition coefficient (Wildman–Crippen LogP) is 2.47. The summed E-state index contributed by atoms with van der Waals surface area (Å²) in [6.45, 7) is 1.89. The number of amides is 1. The van der Waals surface area contributed by atoms with Gasteiger partial charge < -0.3 is 10.1 Å². The third kappa shape index (κ3) is 2.84. The summed E-state index contributed by atoms with van der Waals surface area (Å²) in [5, 5.41) is 3.11. The molecule has 1 aromatic carbocycles. The van der Waals surface area contributed by atoms with Crippen molar-refractivity contribution < 1.29 is 9.53 Å². The largest absolute Gasteiger partial charge is 0.496 e. The van der Waals surface area contributed by atoms with E-state index in [1.165, 1.54) is 11.1 Å². The maximum atomic E-state index is 11.5. The Hall–Kier alpha value is -1.51. The maximum Gasteiger partial charge on any atom is 0.219 e. The number of benzene rings is 1. The summed E-state index contributed by atoms with van der Waals surface area (Å²) >= 11 is 0. The lowest BCUT2D eigenvalue weighted by molar-refractivity contribution is -0.121. The van der Waals surface area contributed by atoms with Crippen molar-refractivity contribution in [2.45, 2.75) is 45.1 Å². The molecule has 1 aliphatic rings. The minimum Gasteiger partial charge on any atom is -0.496 e. The van der Waals surface area contributed by atoms with Crippen molar-refractivity contribution in [3.63, 3.8) is 0 Å². The molecule has 18 heavy (non-hydrogen) atoms. The van der Waals surface area contributed by atoms with Crippen LogP contribution in [-0.2, 0) is 17.6 Å². The van der Waals surface area contributed by atoms with Crippen molar-refractivity contribution in [2.75, 3.05) is 7.11 Å². The van der Waals surface area contributed by atoms with E-state index in [0.29, 0.717) is 6.42 Å². The zero-order chi connectivity index (χ0) is 13.0. The van der Waals surface area contributed by atoms with Crippen LogP contribution in [-0.4, -0.2) is 19.1 Å². The maximum absolute atomic E-state index is 11.5. The van der Waals surface area contributed by atoms with Gasteiger partial charge in [0, 0.05) is 12.5 Å². The van der Waals surface area contributed by atoms with Gasteiger partial charge in [0.25, 0.3) is 0 Å². The van der Waals surface area contributed by atoms with E-state index in [9.17, 15) is 4.79 Å². The molecule has 0 heterocycles. The third-order valence-electron chi connectivity index (χ3n) is 3.59. The number of carbonyl (C=O) groups excluding carboxylic acids is 1. The van der Waals surface area contributed by atoms with E-state index in [2.05, 4.69) is 11.4 Å². The SMILES string of the molecule is CCC(=O)N[C@H]1CCCc2cccc(OC)c2C1. The molecule has 0 radical (unpaired) electrons. The van der Waals surface area contributed by atoms with Crippen LogP contribution in [0.2, 0.25) is 0 Å². The summed E-state index contributed by atoms with van der Waals surface area (Å²) in [7, 11) is 1.71. The molecule has 1 atom stereocenters. The Morgan fingerprint density at radius 1 is 1.50 bits per heavy atom. The Bertz CT molecular complexity index is 429. The summed E-state index contributed by atoms with van der Waals surface area (Å²) in [6.07, 6.45) is 4.67. The van der Waals surface area contributed by atoms with Gasteiger partial charge in [-0.1, -0.05) is 19.1 Å². The van der Waals surface area contributed by atoms with Crippen LogP contribution in [0.1, 0.15) is 37.3 Å². The highest BCUT2D eigenvalue weighted by molar-refractivity contribution is 5.75. The van der Waals surface area contributed by atoms with Gasteiger partial charge in [-0.2, -0.15) is 0 Å². The normalized spacial score (nSPS) is 18.7. The Kier molecular flexibility index (Phi) is 4.24. The van der Waals surface area contributed by atoms with Crippen LogP contribution >= 0.6 is 0 Å². The first kappa shape index (κ1) is 12.9. The molecule has 1 aliphatic carbocycles. The number of methoxy groups -OCH3 is 1. The topological polar surface area (TPSA) is 38.3 Å². The van der Waals surface area contributed by atoms with Gasteiger partial charge in [0.1, 0.15) is 5.75 Å². The standard InChI is InChI=1S/C15H21NO2/c1-3-15(17)16-12-8-4-6-11-7-5-9-14(18-2)13(11)10-12/h5,7,9,12H,3-4,6,8,10H2,1-2H3,(H,16,17)/t12-/m0/s1. The van der Waals surface area contributed by atoms with Gasteiger partial charge in [-0.3, -0.25) is 4.79 Å². The summed E-state index contributed by atoms with van der Waals surface area (Å²) in [5.74, 6) is 1.09. The molecule has 1 N–H and O–H groups in total. The van der Waals surface area contributed by atoms with Crippen molar-refractivity contribution in [3.05, 3.63) is 29.3 Å². The molecule has 0 spiro atoms. The highest BCUT2D eigenvalue weighted by Crippen LogP contribution is 2.28. The van der Waals surface area contributed by atoms with E-state index in [0.717, 1.165) is 31.4 Å². The molecule has 0 unspecified atom stereocenters. The van der Waals surface area contributed by atoms with Gasteiger partial charge in [-0.05, 0) is 42.9 Å². The quantitative estimate of drug-likeness (QED) is 0.833. The first-order valence-corrected chi connectivity index (χ1v) is 6.68. The van der Waals surface area contributed by atoms with E-state index in [4.69, 9.17) is 4.74 Å². The van der Waals surface area contributed by atoms with E-state index in [1.807, 2.05) is 19.1 Å². The molecule has 98 valence electrons. The molecule has 0 aromatic heterocycles.